The van der Waals surface area contributed by atoms with Crippen LogP contribution in [0.4, 0.5) is 11.4 Å². The number of hydrogen-bond donors (Lipinski definition) is 0. The number of fused-ring (bicyclic) bond motifs is 4. The minimum Gasteiger partial charge on any atom is -0.496 e. The van der Waals surface area contributed by atoms with Gasteiger partial charge < -0.3 is 14.2 Å². The van der Waals surface area contributed by atoms with Crippen molar-refractivity contribution >= 4 is 46.9 Å². The van der Waals surface area contributed by atoms with E-state index in [2.05, 4.69) is 181 Å². The molecule has 0 bridgehead atoms. The normalized spacial score (nSPS) is 16.5. The van der Waals surface area contributed by atoms with Gasteiger partial charge in [-0.3, -0.25) is 0 Å². The second kappa shape index (κ2) is 19.7. The third-order valence-corrected chi connectivity index (χ3v) is 11.3. The lowest BCUT2D eigenvalue weighted by molar-refractivity contribution is 0.304. The molecule has 2 heterocycles. The highest BCUT2D eigenvalue weighted by Crippen LogP contribution is 2.42. The van der Waals surface area contributed by atoms with Crippen LogP contribution in [0.1, 0.15) is 78.7 Å². The molecule has 0 saturated carbocycles. The first-order chi connectivity index (χ1) is 29.4. The molecule has 0 spiro atoms. The van der Waals surface area contributed by atoms with Gasteiger partial charge in [0.1, 0.15) is 5.76 Å². The van der Waals surface area contributed by atoms with Crippen molar-refractivity contribution in [2.24, 2.45) is 0 Å². The number of methoxy groups -OCH3 is 1. The molecule has 1 aromatic heterocycles. The van der Waals surface area contributed by atoms with E-state index < -0.39 is 0 Å². The third kappa shape index (κ3) is 9.22. The second-order valence-corrected chi connectivity index (χ2v) is 15.2. The number of rotatable bonds is 14. The van der Waals surface area contributed by atoms with Crippen molar-refractivity contribution < 1.29 is 4.74 Å². The summed E-state index contributed by atoms with van der Waals surface area (Å²) in [4.78, 5) is 2.30. The molecule has 0 amide bonds. The molecule has 0 atom stereocenters. The van der Waals surface area contributed by atoms with E-state index in [0.29, 0.717) is 0 Å². The summed E-state index contributed by atoms with van der Waals surface area (Å²) in [5.74, 6) is 0.778. The fourth-order valence-electron chi connectivity index (χ4n) is 8.29. The lowest BCUT2D eigenvalue weighted by atomic mass is 9.88. The molecule has 7 rings (SSSR count). The maximum Gasteiger partial charge on any atom is 0.127 e. The predicted molar refractivity (Wildman–Crippen MR) is 261 cm³/mol. The number of aromatic nitrogens is 1. The van der Waals surface area contributed by atoms with Crippen LogP contribution in [0, 0.1) is 0 Å². The van der Waals surface area contributed by atoms with Crippen molar-refractivity contribution in [1.82, 2.24) is 4.57 Å². The number of ether oxygens (including phenoxy) is 1. The van der Waals surface area contributed by atoms with Gasteiger partial charge in [0.25, 0.3) is 0 Å². The van der Waals surface area contributed by atoms with Crippen LogP contribution in [0.2, 0.25) is 0 Å². The van der Waals surface area contributed by atoms with E-state index in [1.165, 1.54) is 39.2 Å². The molecule has 0 radical (unpaired) electrons. The number of benzene rings is 3. The average molecular weight is 785 g/mol. The van der Waals surface area contributed by atoms with Crippen LogP contribution < -0.4 is 4.90 Å². The summed E-state index contributed by atoms with van der Waals surface area (Å²) in [5.41, 5.74) is 17.6. The fraction of sp³-hybridized carbons (Fsp3) is 0.158. The summed E-state index contributed by atoms with van der Waals surface area (Å²) in [6.45, 7) is 17.1. The van der Waals surface area contributed by atoms with Gasteiger partial charge in [-0.2, -0.15) is 0 Å². The Morgan fingerprint density at radius 3 is 2.45 bits per heavy atom. The van der Waals surface area contributed by atoms with Gasteiger partial charge in [0, 0.05) is 51.7 Å². The Kier molecular flexibility index (Phi) is 13.6. The number of nitrogens with zero attached hydrogens (tertiary/aromatic N) is 2. The van der Waals surface area contributed by atoms with E-state index >= 15 is 0 Å². The molecule has 0 saturated heterocycles. The Labute approximate surface area is 358 Å². The van der Waals surface area contributed by atoms with Crippen LogP contribution in [0.15, 0.2) is 189 Å². The molecule has 3 heteroatoms. The Morgan fingerprint density at radius 2 is 1.65 bits per heavy atom. The summed E-state index contributed by atoms with van der Waals surface area (Å²) in [6, 6.07) is 24.3. The highest BCUT2D eigenvalue weighted by molar-refractivity contribution is 5.93. The lowest BCUT2D eigenvalue weighted by Gasteiger charge is -2.27. The van der Waals surface area contributed by atoms with Crippen LogP contribution in [0.25, 0.3) is 46.7 Å². The minimum atomic E-state index is 0.778. The van der Waals surface area contributed by atoms with E-state index in [1.807, 2.05) is 38.2 Å². The van der Waals surface area contributed by atoms with E-state index in [4.69, 9.17) is 4.74 Å². The SMILES string of the molecule is C=C/C(C(=C)CC/C=C\C)=C(\C=C/n1c2c(c3c1CCC(c1ccc4c(c1)C(=C)/C=C\C=C/N4c1cc(/C=C/C=C\C=C/C)cc(-c4ccccc4)c1)=C3)C=CCC2)OC. The van der Waals surface area contributed by atoms with E-state index in [-0.39, 0.29) is 0 Å². The van der Waals surface area contributed by atoms with Crippen molar-refractivity contribution in [1.29, 1.82) is 0 Å². The molecule has 0 fully saturated rings. The quantitative estimate of drug-likeness (QED) is 0.0720. The van der Waals surface area contributed by atoms with Crippen LogP contribution in [-0.2, 0) is 17.6 Å². The van der Waals surface area contributed by atoms with Gasteiger partial charge in [-0.05, 0) is 140 Å². The first-order valence-corrected chi connectivity index (χ1v) is 21.1. The zero-order valence-corrected chi connectivity index (χ0v) is 35.4. The Balaban J connectivity index is 1.26. The molecule has 3 aliphatic rings. The third-order valence-electron chi connectivity index (χ3n) is 11.3. The molecule has 0 N–H and O–H groups in total. The topological polar surface area (TPSA) is 17.4 Å². The van der Waals surface area contributed by atoms with Crippen molar-refractivity contribution in [3.63, 3.8) is 0 Å². The molecule has 1 aliphatic heterocycles. The van der Waals surface area contributed by atoms with Gasteiger partial charge in [-0.25, -0.2) is 0 Å². The molecule has 300 valence electrons. The summed E-state index contributed by atoms with van der Waals surface area (Å²) in [7, 11) is 1.73. The number of anilines is 2. The van der Waals surface area contributed by atoms with Gasteiger partial charge in [-0.15, -0.1) is 0 Å². The van der Waals surface area contributed by atoms with Crippen LogP contribution in [-0.4, -0.2) is 11.7 Å². The van der Waals surface area contributed by atoms with Gasteiger partial charge in [0.15, 0.2) is 0 Å². The first kappa shape index (κ1) is 41.3. The molecule has 3 nitrogen and oxygen atoms in total. The maximum atomic E-state index is 5.93. The van der Waals surface area contributed by atoms with Crippen LogP contribution >= 0.6 is 0 Å². The lowest BCUT2D eigenvalue weighted by Crippen LogP contribution is -2.12. The minimum absolute atomic E-state index is 0.778. The van der Waals surface area contributed by atoms with E-state index in [9.17, 15) is 0 Å². The summed E-state index contributed by atoms with van der Waals surface area (Å²) in [6.07, 6.45) is 44.0. The summed E-state index contributed by atoms with van der Waals surface area (Å²) < 4.78 is 8.34. The number of hydrogen-bond acceptors (Lipinski definition) is 2. The van der Waals surface area contributed by atoms with Gasteiger partial charge in [0.2, 0.25) is 0 Å². The fourth-order valence-corrected chi connectivity index (χ4v) is 8.29. The van der Waals surface area contributed by atoms with Crippen LogP contribution in [0.3, 0.4) is 0 Å². The average Bonchev–Trinajstić information content (AvgIpc) is 3.59. The van der Waals surface area contributed by atoms with Gasteiger partial charge in [0.05, 0.1) is 12.8 Å². The Hall–Kier alpha value is -6.84. The highest BCUT2D eigenvalue weighted by atomic mass is 16.5. The van der Waals surface area contributed by atoms with Crippen molar-refractivity contribution in [2.75, 3.05) is 12.0 Å². The van der Waals surface area contributed by atoms with Crippen molar-refractivity contribution in [3.05, 3.63) is 228 Å². The molecule has 3 aromatic carbocycles. The van der Waals surface area contributed by atoms with Gasteiger partial charge in [-0.1, -0.05) is 135 Å². The summed E-state index contributed by atoms with van der Waals surface area (Å²) >= 11 is 0. The molecule has 0 unspecified atom stereocenters. The van der Waals surface area contributed by atoms with E-state index in [1.54, 1.807) is 7.11 Å². The monoisotopic (exact) mass is 784 g/mol. The predicted octanol–water partition coefficient (Wildman–Crippen LogP) is 15.5. The highest BCUT2D eigenvalue weighted by Gasteiger charge is 2.25. The zero-order chi connectivity index (χ0) is 41.8. The molecule has 2 aliphatic carbocycles. The standard InChI is InChI=1S/C57H56N2O/c1-7-10-12-13-16-25-44-37-48(45-26-17-14-18-27-45)39-49(38-44)58-35-22-21-24-43(5)52-40-46(30-32-55(52)58)47-31-33-56-53(41-47)51-28-19-20-29-54(51)59(56)36-34-57(60-6)50(9-3)42(4)23-15-11-8-2/h7-14,16-19,21-22,24-28,30,32,34-41H,3-5,15,20,23,29,31,33H2,1-2,6H3/b10-7-,11-8-,13-12-,24-21-,25-16+,35-22-,36-34-,57-50-. The van der Waals surface area contributed by atoms with Crippen molar-refractivity contribution in [2.45, 2.75) is 52.4 Å². The molecule has 4 aromatic rings. The van der Waals surface area contributed by atoms with Crippen LogP contribution in [0.5, 0.6) is 0 Å². The molecular formula is C57H56N2O. The van der Waals surface area contributed by atoms with Crippen molar-refractivity contribution in [3.8, 4) is 11.1 Å². The molecular weight excluding hydrogens is 729 g/mol. The second-order valence-electron chi connectivity index (χ2n) is 15.2. The maximum absolute atomic E-state index is 5.93. The zero-order valence-electron chi connectivity index (χ0n) is 35.4. The number of allylic oxidation sites excluding steroid dienone is 17. The summed E-state index contributed by atoms with van der Waals surface area (Å²) in [5, 5.41) is 0. The first-order valence-electron chi connectivity index (χ1n) is 21.1. The Bertz CT molecular complexity index is 2580. The molecule has 60 heavy (non-hydrogen) atoms. The smallest absolute Gasteiger partial charge is 0.127 e. The Morgan fingerprint density at radius 1 is 0.817 bits per heavy atom. The van der Waals surface area contributed by atoms with E-state index in [0.717, 1.165) is 89.1 Å². The largest absolute Gasteiger partial charge is 0.496 e. The van der Waals surface area contributed by atoms with Gasteiger partial charge >= 0.3 is 0 Å².